The molecule has 4 N–H and O–H groups in total. The van der Waals surface area contributed by atoms with Crippen LogP contribution in [0, 0.1) is 6.92 Å². The normalized spacial score (nSPS) is 20.4. The second kappa shape index (κ2) is 10.7. The Morgan fingerprint density at radius 1 is 1.17 bits per heavy atom. The van der Waals surface area contributed by atoms with Gasteiger partial charge in [-0.3, -0.25) is 4.68 Å². The van der Waals surface area contributed by atoms with E-state index in [4.69, 9.17) is 4.74 Å². The summed E-state index contributed by atoms with van der Waals surface area (Å²) in [5, 5.41) is 29.6. The minimum atomic E-state index is -4.61. The number of rotatable bonds is 9. The molecule has 0 bridgehead atoms. The number of anilines is 2. The third-order valence-corrected chi connectivity index (χ3v) is 6.44. The summed E-state index contributed by atoms with van der Waals surface area (Å²) in [6.07, 6.45) is -3.13. The molecule has 4 rings (SSSR count). The lowest BCUT2D eigenvalue weighted by atomic mass is 9.93. The highest BCUT2D eigenvalue weighted by Gasteiger charge is 2.38. The number of aryl methyl sites for hydroxylation is 2. The highest BCUT2D eigenvalue weighted by molar-refractivity contribution is 5.91. The minimum absolute atomic E-state index is 0.0680. The molecule has 2 aromatic heterocycles. The lowest BCUT2D eigenvalue weighted by molar-refractivity contribution is -0.202. The Bertz CT molecular complexity index is 1170. The van der Waals surface area contributed by atoms with E-state index < -0.39 is 24.9 Å². The van der Waals surface area contributed by atoms with Crippen LogP contribution < -0.4 is 15.4 Å². The molecular formula is C24H33F3N6O3. The van der Waals surface area contributed by atoms with Crippen molar-refractivity contribution in [3.05, 3.63) is 30.2 Å². The summed E-state index contributed by atoms with van der Waals surface area (Å²) < 4.78 is 47.5. The molecule has 1 unspecified atom stereocenters. The number of benzene rings is 1. The molecule has 2 atom stereocenters. The molecule has 12 heteroatoms. The molecule has 36 heavy (non-hydrogen) atoms. The van der Waals surface area contributed by atoms with Crippen LogP contribution in [-0.2, 0) is 13.6 Å². The van der Waals surface area contributed by atoms with Crippen LogP contribution in [0.15, 0.2) is 24.5 Å². The van der Waals surface area contributed by atoms with Gasteiger partial charge in [0.05, 0.1) is 36.3 Å². The summed E-state index contributed by atoms with van der Waals surface area (Å²) >= 11 is 0. The van der Waals surface area contributed by atoms with Crippen LogP contribution in [0.1, 0.15) is 38.3 Å². The minimum Gasteiger partial charge on any atom is -0.490 e. The number of alkyl halides is 3. The fourth-order valence-electron chi connectivity index (χ4n) is 4.48. The van der Waals surface area contributed by atoms with E-state index in [9.17, 15) is 23.4 Å². The van der Waals surface area contributed by atoms with Crippen LogP contribution in [0.5, 0.6) is 5.75 Å². The first kappa shape index (κ1) is 26.2. The van der Waals surface area contributed by atoms with Crippen LogP contribution in [0.3, 0.4) is 0 Å². The van der Waals surface area contributed by atoms with E-state index in [2.05, 4.69) is 20.7 Å². The van der Waals surface area contributed by atoms with Crippen molar-refractivity contribution < 1.29 is 28.1 Å². The quantitative estimate of drug-likeness (QED) is 0.349. The number of imidazole rings is 1. The zero-order chi connectivity index (χ0) is 26.0. The molecule has 2 heterocycles. The molecule has 0 aliphatic heterocycles. The molecule has 3 aromatic rings. The molecule has 1 aliphatic rings. The molecule has 0 saturated heterocycles. The number of aliphatic hydroxyl groups excluding tert-OH is 2. The van der Waals surface area contributed by atoms with Crippen LogP contribution >= 0.6 is 0 Å². The molecule has 9 nitrogen and oxygen atoms in total. The summed E-state index contributed by atoms with van der Waals surface area (Å²) in [7, 11) is 1.90. The highest BCUT2D eigenvalue weighted by Crippen LogP contribution is 2.33. The van der Waals surface area contributed by atoms with Gasteiger partial charge in [-0.2, -0.15) is 18.3 Å². The Labute approximate surface area is 207 Å². The maximum absolute atomic E-state index is 12.5. The standard InChI is InChI=1S/C24H33F3N6O3/c1-14-8-22(31-33(14)12-15(2)34)30-19-9-18(10-20-23(19)29-13-32(20)3)36-17-6-4-16(5-7-17)28-11-21(35)24(25,26)27/h8-10,13,15-17,21,28,34-35H,4-7,11-12H2,1-3H3,(H,30,31)/t15?,16?,17?,21-/m1/s1. The number of halogens is 3. The van der Waals surface area contributed by atoms with E-state index in [1.165, 1.54) is 0 Å². The lowest BCUT2D eigenvalue weighted by Crippen LogP contribution is -2.44. The van der Waals surface area contributed by atoms with Gasteiger partial charge in [0.25, 0.3) is 0 Å². The van der Waals surface area contributed by atoms with Crippen LogP contribution in [0.4, 0.5) is 24.7 Å². The number of hydrogen-bond donors (Lipinski definition) is 4. The first-order valence-corrected chi connectivity index (χ1v) is 12.1. The van der Waals surface area contributed by atoms with Crippen LogP contribution in [0.25, 0.3) is 11.0 Å². The fraction of sp³-hybridized carbons (Fsp3) is 0.583. The van der Waals surface area contributed by atoms with Crippen molar-refractivity contribution in [2.75, 3.05) is 11.9 Å². The molecule has 198 valence electrons. The van der Waals surface area contributed by atoms with Crippen molar-refractivity contribution in [3.8, 4) is 5.75 Å². The smallest absolute Gasteiger partial charge is 0.415 e. The third-order valence-electron chi connectivity index (χ3n) is 6.44. The zero-order valence-corrected chi connectivity index (χ0v) is 20.6. The molecule has 1 aromatic carbocycles. The van der Waals surface area contributed by atoms with Gasteiger partial charge in [-0.15, -0.1) is 0 Å². The van der Waals surface area contributed by atoms with E-state index in [1.807, 2.05) is 36.7 Å². The summed E-state index contributed by atoms with van der Waals surface area (Å²) in [4.78, 5) is 4.50. The number of aliphatic hydroxyl groups is 2. The van der Waals surface area contributed by atoms with E-state index >= 15 is 0 Å². The van der Waals surface area contributed by atoms with E-state index in [0.29, 0.717) is 43.8 Å². The average molecular weight is 511 g/mol. The monoisotopic (exact) mass is 510 g/mol. The van der Waals surface area contributed by atoms with Gasteiger partial charge >= 0.3 is 6.18 Å². The maximum atomic E-state index is 12.5. The maximum Gasteiger partial charge on any atom is 0.415 e. The van der Waals surface area contributed by atoms with Gasteiger partial charge < -0.3 is 30.2 Å². The van der Waals surface area contributed by atoms with Crippen molar-refractivity contribution in [1.82, 2.24) is 24.6 Å². The number of ether oxygens (including phenoxy) is 1. The Kier molecular flexibility index (Phi) is 7.76. The van der Waals surface area contributed by atoms with Gasteiger partial charge in [-0.25, -0.2) is 4.98 Å². The first-order valence-electron chi connectivity index (χ1n) is 12.1. The summed E-state index contributed by atoms with van der Waals surface area (Å²) in [5.41, 5.74) is 3.30. The highest BCUT2D eigenvalue weighted by atomic mass is 19.4. The van der Waals surface area contributed by atoms with Gasteiger partial charge in [-0.05, 0) is 39.5 Å². The average Bonchev–Trinajstić information content (AvgIpc) is 3.34. The van der Waals surface area contributed by atoms with Gasteiger partial charge in [0.1, 0.15) is 11.3 Å². The Morgan fingerprint density at radius 3 is 2.56 bits per heavy atom. The fourth-order valence-corrected chi connectivity index (χ4v) is 4.48. The van der Waals surface area contributed by atoms with E-state index in [-0.39, 0.29) is 12.1 Å². The van der Waals surface area contributed by atoms with Crippen molar-refractivity contribution in [1.29, 1.82) is 0 Å². The summed E-state index contributed by atoms with van der Waals surface area (Å²) in [6, 6.07) is 5.62. The third kappa shape index (κ3) is 6.29. The largest absolute Gasteiger partial charge is 0.490 e. The topological polar surface area (TPSA) is 109 Å². The summed E-state index contributed by atoms with van der Waals surface area (Å²) in [5.74, 6) is 1.29. The molecule has 0 radical (unpaired) electrons. The number of nitrogens with one attached hydrogen (secondary N) is 2. The second-order valence-electron chi connectivity index (χ2n) is 9.58. The molecule has 1 fully saturated rings. The van der Waals surface area contributed by atoms with Crippen molar-refractivity contribution in [2.45, 2.75) is 76.6 Å². The number of aromatic nitrogens is 4. The Hall–Kier alpha value is -2.83. The van der Waals surface area contributed by atoms with Crippen molar-refractivity contribution in [3.63, 3.8) is 0 Å². The SMILES string of the molecule is Cc1cc(Nc2cc(OC3CCC(NC[C@@H](O)C(F)(F)F)CC3)cc3c2ncn3C)nn1CC(C)O. The van der Waals surface area contributed by atoms with Gasteiger partial charge in [0.15, 0.2) is 11.9 Å². The first-order chi connectivity index (χ1) is 17.0. The van der Waals surface area contributed by atoms with Gasteiger partial charge in [-0.1, -0.05) is 0 Å². The lowest BCUT2D eigenvalue weighted by Gasteiger charge is -2.30. The molecular weight excluding hydrogens is 477 g/mol. The van der Waals surface area contributed by atoms with Crippen molar-refractivity contribution >= 4 is 22.5 Å². The van der Waals surface area contributed by atoms with Crippen LogP contribution in [0.2, 0.25) is 0 Å². The predicted octanol–water partition coefficient (Wildman–Crippen LogP) is 3.41. The molecule has 1 aliphatic carbocycles. The molecule has 0 spiro atoms. The Morgan fingerprint density at radius 2 is 1.89 bits per heavy atom. The van der Waals surface area contributed by atoms with Gasteiger partial charge in [0.2, 0.25) is 0 Å². The zero-order valence-electron chi connectivity index (χ0n) is 20.6. The van der Waals surface area contributed by atoms with E-state index in [0.717, 1.165) is 22.4 Å². The number of hydrogen-bond acceptors (Lipinski definition) is 7. The van der Waals surface area contributed by atoms with Gasteiger partial charge in [0, 0.05) is 43.5 Å². The summed E-state index contributed by atoms with van der Waals surface area (Å²) in [6.45, 7) is 3.52. The molecule has 1 saturated carbocycles. The number of nitrogens with zero attached hydrogens (tertiary/aromatic N) is 4. The van der Waals surface area contributed by atoms with Crippen molar-refractivity contribution in [2.24, 2.45) is 7.05 Å². The van der Waals surface area contributed by atoms with E-state index in [1.54, 1.807) is 17.9 Å². The Balaban J connectivity index is 1.42. The van der Waals surface area contributed by atoms with Crippen LogP contribution in [-0.4, -0.2) is 66.6 Å². The molecule has 0 amide bonds. The predicted molar refractivity (Wildman–Crippen MR) is 129 cm³/mol. The second-order valence-corrected chi connectivity index (χ2v) is 9.58. The number of fused-ring (bicyclic) bond motifs is 1.